The van der Waals surface area contributed by atoms with Crippen LogP contribution in [0.4, 0.5) is 11.6 Å². The monoisotopic (exact) mass is 360 g/mol. The van der Waals surface area contributed by atoms with Gasteiger partial charge in [0.15, 0.2) is 0 Å². The van der Waals surface area contributed by atoms with E-state index in [2.05, 4.69) is 51.8 Å². The molecule has 2 aromatic carbocycles. The molecule has 1 aromatic heterocycles. The summed E-state index contributed by atoms with van der Waals surface area (Å²) in [7, 11) is 0. The maximum absolute atomic E-state index is 12.5. The number of carbonyl (C=O) groups excluding carboxylic acids is 1. The van der Waals surface area contributed by atoms with Crippen molar-refractivity contribution < 1.29 is 4.79 Å². The van der Waals surface area contributed by atoms with Crippen LogP contribution < -0.4 is 10.6 Å². The van der Waals surface area contributed by atoms with E-state index in [1.54, 1.807) is 12.4 Å². The first-order valence-corrected chi connectivity index (χ1v) is 8.93. The first-order valence-electron chi connectivity index (χ1n) is 8.93. The lowest BCUT2D eigenvalue weighted by Gasteiger charge is -2.13. The molecule has 0 aliphatic carbocycles. The van der Waals surface area contributed by atoms with Crippen molar-refractivity contribution in [2.45, 2.75) is 34.2 Å². The summed E-state index contributed by atoms with van der Waals surface area (Å²) >= 11 is 0. The molecule has 0 saturated heterocycles. The molecule has 1 amide bonds. The summed E-state index contributed by atoms with van der Waals surface area (Å²) in [5.74, 6) is 0.285. The number of anilines is 2. The van der Waals surface area contributed by atoms with Crippen LogP contribution in [0.5, 0.6) is 0 Å². The van der Waals surface area contributed by atoms with E-state index in [4.69, 9.17) is 0 Å². The van der Waals surface area contributed by atoms with Crippen molar-refractivity contribution in [1.29, 1.82) is 0 Å². The highest BCUT2D eigenvalue weighted by Crippen LogP contribution is 2.22. The second-order valence-electron chi connectivity index (χ2n) is 6.80. The van der Waals surface area contributed by atoms with Gasteiger partial charge in [0.25, 0.3) is 5.91 Å². The van der Waals surface area contributed by atoms with Crippen molar-refractivity contribution in [3.05, 3.63) is 82.2 Å². The van der Waals surface area contributed by atoms with E-state index in [1.807, 2.05) is 32.9 Å². The molecule has 3 rings (SSSR count). The number of benzene rings is 2. The number of hydrogen-bond donors (Lipinski definition) is 2. The summed E-state index contributed by atoms with van der Waals surface area (Å²) in [6, 6.07) is 12.3. The first kappa shape index (κ1) is 18.6. The molecule has 0 spiro atoms. The van der Waals surface area contributed by atoms with Gasteiger partial charge >= 0.3 is 0 Å². The minimum Gasteiger partial charge on any atom is -0.350 e. The van der Waals surface area contributed by atoms with Crippen molar-refractivity contribution in [3.8, 4) is 0 Å². The third kappa shape index (κ3) is 4.50. The average molecular weight is 360 g/mol. The average Bonchev–Trinajstić information content (AvgIpc) is 2.64. The predicted molar refractivity (Wildman–Crippen MR) is 109 cm³/mol. The lowest BCUT2D eigenvalue weighted by Crippen LogP contribution is -2.15. The van der Waals surface area contributed by atoms with E-state index in [0.717, 1.165) is 16.8 Å². The highest BCUT2D eigenvalue weighted by molar-refractivity contribution is 6.04. The lowest BCUT2D eigenvalue weighted by molar-refractivity contribution is 0.102. The number of aryl methyl sites for hydroxylation is 4. The Balaban J connectivity index is 1.66. The molecule has 0 atom stereocenters. The maximum Gasteiger partial charge on any atom is 0.258 e. The second kappa shape index (κ2) is 7.99. The van der Waals surface area contributed by atoms with Crippen LogP contribution in [0.3, 0.4) is 0 Å². The Hall–Kier alpha value is -3.21. The van der Waals surface area contributed by atoms with Crippen LogP contribution >= 0.6 is 0 Å². The topological polar surface area (TPSA) is 66.9 Å². The van der Waals surface area contributed by atoms with Gasteiger partial charge < -0.3 is 10.6 Å². The molecule has 0 unspecified atom stereocenters. The molecule has 2 N–H and O–H groups in total. The Morgan fingerprint density at radius 1 is 0.926 bits per heavy atom. The fourth-order valence-electron chi connectivity index (χ4n) is 3.08. The smallest absolute Gasteiger partial charge is 0.258 e. The molecule has 0 bridgehead atoms. The quantitative estimate of drug-likeness (QED) is 0.699. The Morgan fingerprint density at radius 3 is 2.19 bits per heavy atom. The second-order valence-corrected chi connectivity index (χ2v) is 6.80. The number of carbonyl (C=O) groups is 1. The van der Waals surface area contributed by atoms with Gasteiger partial charge in [0.05, 0.1) is 5.56 Å². The van der Waals surface area contributed by atoms with Gasteiger partial charge in [-0.2, -0.15) is 0 Å². The van der Waals surface area contributed by atoms with Crippen LogP contribution in [-0.2, 0) is 6.54 Å². The minimum absolute atomic E-state index is 0.212. The standard InChI is InChI=1S/C22H24N4O/c1-14-9-16(3)20(17(4)10-14)26-21(27)19-12-24-22(25-13-19)23-11-18-8-6-5-7-15(18)2/h5-10,12-13H,11H2,1-4H3,(H,26,27)(H,23,24,25). The molecule has 5 heteroatoms. The van der Waals surface area contributed by atoms with Gasteiger partial charge in [0, 0.05) is 24.6 Å². The molecular weight excluding hydrogens is 336 g/mol. The Bertz CT molecular complexity index is 941. The number of nitrogens with one attached hydrogen (secondary N) is 2. The van der Waals surface area contributed by atoms with Gasteiger partial charge in [-0.15, -0.1) is 0 Å². The van der Waals surface area contributed by atoms with Gasteiger partial charge in [0.1, 0.15) is 0 Å². The van der Waals surface area contributed by atoms with Crippen LogP contribution in [0.15, 0.2) is 48.8 Å². The summed E-state index contributed by atoms with van der Waals surface area (Å²) in [5.41, 5.74) is 6.92. The number of nitrogens with zero attached hydrogens (tertiary/aromatic N) is 2. The molecule has 0 aliphatic rings. The highest BCUT2D eigenvalue weighted by atomic mass is 16.1. The largest absolute Gasteiger partial charge is 0.350 e. The van der Waals surface area contributed by atoms with Crippen LogP contribution in [0.1, 0.15) is 38.2 Å². The van der Waals surface area contributed by atoms with Gasteiger partial charge in [-0.05, 0) is 49.9 Å². The molecular formula is C22H24N4O. The van der Waals surface area contributed by atoms with E-state index in [0.29, 0.717) is 18.1 Å². The SMILES string of the molecule is Cc1cc(C)c(NC(=O)c2cnc(NCc3ccccc3C)nc2)c(C)c1. The van der Waals surface area contributed by atoms with Crippen molar-refractivity contribution in [3.63, 3.8) is 0 Å². The van der Waals surface area contributed by atoms with E-state index in [1.165, 1.54) is 16.7 Å². The molecule has 3 aromatic rings. The van der Waals surface area contributed by atoms with Gasteiger partial charge in [-0.1, -0.05) is 42.0 Å². The van der Waals surface area contributed by atoms with Gasteiger partial charge in [0.2, 0.25) is 5.95 Å². The zero-order chi connectivity index (χ0) is 19.4. The van der Waals surface area contributed by atoms with Crippen molar-refractivity contribution >= 4 is 17.5 Å². The molecule has 0 aliphatic heterocycles. The number of hydrogen-bond acceptors (Lipinski definition) is 4. The number of aromatic nitrogens is 2. The van der Waals surface area contributed by atoms with E-state index < -0.39 is 0 Å². The molecule has 1 heterocycles. The molecule has 0 radical (unpaired) electrons. The summed E-state index contributed by atoms with van der Waals surface area (Å²) in [6.07, 6.45) is 3.09. The molecule has 27 heavy (non-hydrogen) atoms. The van der Waals surface area contributed by atoms with E-state index in [-0.39, 0.29) is 5.91 Å². The predicted octanol–water partition coefficient (Wildman–Crippen LogP) is 4.57. The van der Waals surface area contributed by atoms with Gasteiger partial charge in [-0.25, -0.2) is 9.97 Å². The maximum atomic E-state index is 12.5. The Morgan fingerprint density at radius 2 is 1.56 bits per heavy atom. The van der Waals surface area contributed by atoms with Gasteiger partial charge in [-0.3, -0.25) is 4.79 Å². The molecule has 5 nitrogen and oxygen atoms in total. The van der Waals surface area contributed by atoms with Crippen LogP contribution in [0, 0.1) is 27.7 Å². The molecule has 138 valence electrons. The highest BCUT2D eigenvalue weighted by Gasteiger charge is 2.11. The Kier molecular flexibility index (Phi) is 5.50. The lowest BCUT2D eigenvalue weighted by atomic mass is 10.0. The summed E-state index contributed by atoms with van der Waals surface area (Å²) in [6.45, 7) is 8.73. The summed E-state index contributed by atoms with van der Waals surface area (Å²) < 4.78 is 0. The van der Waals surface area contributed by atoms with Crippen LogP contribution in [-0.4, -0.2) is 15.9 Å². The zero-order valence-electron chi connectivity index (χ0n) is 16.1. The fraction of sp³-hybridized carbons (Fsp3) is 0.227. The van der Waals surface area contributed by atoms with Crippen molar-refractivity contribution in [2.75, 3.05) is 10.6 Å². The summed E-state index contributed by atoms with van der Waals surface area (Å²) in [5, 5.41) is 6.16. The van der Waals surface area contributed by atoms with E-state index in [9.17, 15) is 4.79 Å². The van der Waals surface area contributed by atoms with Crippen molar-refractivity contribution in [2.24, 2.45) is 0 Å². The fourth-order valence-corrected chi connectivity index (χ4v) is 3.08. The normalized spacial score (nSPS) is 10.5. The van der Waals surface area contributed by atoms with Crippen LogP contribution in [0.2, 0.25) is 0 Å². The minimum atomic E-state index is -0.212. The van der Waals surface area contributed by atoms with Crippen molar-refractivity contribution in [1.82, 2.24) is 9.97 Å². The zero-order valence-corrected chi connectivity index (χ0v) is 16.1. The summed E-state index contributed by atoms with van der Waals surface area (Å²) in [4.78, 5) is 21.1. The third-order valence-corrected chi connectivity index (χ3v) is 4.53. The number of rotatable bonds is 5. The molecule has 0 saturated carbocycles. The first-order chi connectivity index (χ1) is 12.9. The molecule has 0 fully saturated rings. The third-order valence-electron chi connectivity index (χ3n) is 4.53. The van der Waals surface area contributed by atoms with Crippen LogP contribution in [0.25, 0.3) is 0 Å². The Labute approximate surface area is 159 Å². The number of amides is 1. The van der Waals surface area contributed by atoms with E-state index >= 15 is 0 Å².